The molecule has 2 rings (SSSR count). The Bertz CT molecular complexity index is 533. The molecule has 0 aliphatic rings. The number of unbranched alkanes of at least 4 members (excludes halogenated alkanes) is 3. The smallest absolute Gasteiger partial charge is 0.224 e. The number of aromatic amines is 1. The molecule has 0 saturated carbocycles. The van der Waals surface area contributed by atoms with Crippen molar-refractivity contribution in [3.63, 3.8) is 0 Å². The van der Waals surface area contributed by atoms with Crippen LogP contribution in [-0.4, -0.2) is 17.4 Å². The van der Waals surface area contributed by atoms with Crippen molar-refractivity contribution in [1.29, 1.82) is 0 Å². The van der Waals surface area contributed by atoms with E-state index in [2.05, 4.69) is 10.3 Å². The van der Waals surface area contributed by atoms with E-state index in [1.54, 1.807) is 0 Å². The van der Waals surface area contributed by atoms with Gasteiger partial charge in [0.25, 0.3) is 0 Å². The van der Waals surface area contributed by atoms with Crippen LogP contribution in [0, 0.1) is 0 Å². The van der Waals surface area contributed by atoms with E-state index in [1.807, 2.05) is 30.5 Å². The number of hydrogen-bond acceptors (Lipinski definition) is 2. The second kappa shape index (κ2) is 6.95. The lowest BCUT2D eigenvalue weighted by atomic mass is 10.1. The Labute approximate surface area is 113 Å². The van der Waals surface area contributed by atoms with E-state index in [0.29, 0.717) is 6.42 Å². The van der Waals surface area contributed by atoms with E-state index in [9.17, 15) is 4.79 Å². The number of H-pyrrole nitrogens is 1. The Morgan fingerprint density at radius 2 is 2.00 bits per heavy atom. The first-order valence-corrected chi connectivity index (χ1v) is 6.87. The van der Waals surface area contributed by atoms with Crippen molar-refractivity contribution in [2.75, 3.05) is 11.9 Å². The first-order chi connectivity index (χ1) is 9.31. The molecule has 0 atom stereocenters. The molecule has 0 unspecified atom stereocenters. The maximum absolute atomic E-state index is 11.9. The molecule has 4 heteroatoms. The Hall–Kier alpha value is -1.81. The number of amides is 1. The summed E-state index contributed by atoms with van der Waals surface area (Å²) in [6.07, 6.45) is 6.61. The molecule has 2 aromatic rings. The van der Waals surface area contributed by atoms with Crippen molar-refractivity contribution in [2.45, 2.75) is 32.1 Å². The quantitative estimate of drug-likeness (QED) is 0.669. The number of anilines is 1. The van der Waals surface area contributed by atoms with Crippen LogP contribution in [0.3, 0.4) is 0 Å². The molecule has 4 nitrogen and oxygen atoms in total. The van der Waals surface area contributed by atoms with Gasteiger partial charge in [-0.2, -0.15) is 0 Å². The normalized spacial score (nSPS) is 10.8. The monoisotopic (exact) mass is 259 g/mol. The summed E-state index contributed by atoms with van der Waals surface area (Å²) in [5.41, 5.74) is 7.36. The van der Waals surface area contributed by atoms with Gasteiger partial charge in [0.1, 0.15) is 0 Å². The number of rotatable bonds is 7. The fourth-order valence-corrected chi connectivity index (χ4v) is 2.19. The highest BCUT2D eigenvalue weighted by Crippen LogP contribution is 2.22. The molecule has 1 aromatic carbocycles. The van der Waals surface area contributed by atoms with Gasteiger partial charge in [-0.25, -0.2) is 0 Å². The number of benzene rings is 1. The Morgan fingerprint density at radius 3 is 2.84 bits per heavy atom. The maximum Gasteiger partial charge on any atom is 0.224 e. The number of carbonyl (C=O) groups is 1. The van der Waals surface area contributed by atoms with Gasteiger partial charge in [-0.3, -0.25) is 4.79 Å². The standard InChI is InChI=1S/C15H21N3O/c16-10-4-2-1-3-8-15(19)18-14-7-5-6-13-12(14)9-11-17-13/h5-7,9,11,17H,1-4,8,10,16H2,(H,18,19). The van der Waals surface area contributed by atoms with Crippen molar-refractivity contribution in [1.82, 2.24) is 4.98 Å². The van der Waals surface area contributed by atoms with Crippen LogP contribution in [0.4, 0.5) is 5.69 Å². The van der Waals surface area contributed by atoms with E-state index in [0.717, 1.165) is 48.8 Å². The molecule has 102 valence electrons. The van der Waals surface area contributed by atoms with E-state index in [1.165, 1.54) is 0 Å². The van der Waals surface area contributed by atoms with E-state index in [4.69, 9.17) is 5.73 Å². The summed E-state index contributed by atoms with van der Waals surface area (Å²) in [4.78, 5) is 15.0. The average molecular weight is 259 g/mol. The topological polar surface area (TPSA) is 70.9 Å². The Balaban J connectivity index is 1.83. The fraction of sp³-hybridized carbons (Fsp3) is 0.400. The molecule has 0 spiro atoms. The maximum atomic E-state index is 11.9. The highest BCUT2D eigenvalue weighted by Gasteiger charge is 2.05. The van der Waals surface area contributed by atoms with Gasteiger partial charge in [0.05, 0.1) is 5.69 Å². The molecular formula is C15H21N3O. The van der Waals surface area contributed by atoms with Gasteiger partial charge in [-0.15, -0.1) is 0 Å². The van der Waals surface area contributed by atoms with Crippen molar-refractivity contribution in [2.24, 2.45) is 5.73 Å². The molecule has 4 N–H and O–H groups in total. The van der Waals surface area contributed by atoms with Crippen LogP contribution in [0.2, 0.25) is 0 Å². The lowest BCUT2D eigenvalue weighted by molar-refractivity contribution is -0.116. The molecule has 0 aliphatic heterocycles. The van der Waals surface area contributed by atoms with Crippen LogP contribution >= 0.6 is 0 Å². The number of nitrogens with one attached hydrogen (secondary N) is 2. The zero-order chi connectivity index (χ0) is 13.5. The summed E-state index contributed by atoms with van der Waals surface area (Å²) in [7, 11) is 0. The van der Waals surface area contributed by atoms with Gasteiger partial charge in [-0.1, -0.05) is 18.9 Å². The Morgan fingerprint density at radius 1 is 1.16 bits per heavy atom. The lowest BCUT2D eigenvalue weighted by Crippen LogP contribution is -2.11. The van der Waals surface area contributed by atoms with Gasteiger partial charge in [0.2, 0.25) is 5.91 Å². The van der Waals surface area contributed by atoms with Crippen molar-refractivity contribution in [3.8, 4) is 0 Å². The number of nitrogens with two attached hydrogens (primary N) is 1. The third-order valence-corrected chi connectivity index (χ3v) is 3.23. The third kappa shape index (κ3) is 3.83. The van der Waals surface area contributed by atoms with Crippen LogP contribution < -0.4 is 11.1 Å². The lowest BCUT2D eigenvalue weighted by Gasteiger charge is -2.06. The summed E-state index contributed by atoms with van der Waals surface area (Å²) < 4.78 is 0. The number of fused-ring (bicyclic) bond motifs is 1. The predicted molar refractivity (Wildman–Crippen MR) is 79.1 cm³/mol. The van der Waals surface area contributed by atoms with Gasteiger partial charge >= 0.3 is 0 Å². The summed E-state index contributed by atoms with van der Waals surface area (Å²) in [5.74, 6) is 0.0847. The highest BCUT2D eigenvalue weighted by molar-refractivity contribution is 6.01. The van der Waals surface area contributed by atoms with Crippen molar-refractivity contribution < 1.29 is 4.79 Å². The minimum Gasteiger partial charge on any atom is -0.361 e. The molecule has 0 aliphatic carbocycles. The van der Waals surface area contributed by atoms with Crippen LogP contribution in [0.1, 0.15) is 32.1 Å². The minimum absolute atomic E-state index is 0.0847. The van der Waals surface area contributed by atoms with Gasteiger partial charge in [-0.05, 0) is 37.6 Å². The zero-order valence-electron chi connectivity index (χ0n) is 11.1. The molecule has 1 heterocycles. The molecule has 1 aromatic heterocycles. The van der Waals surface area contributed by atoms with Crippen LogP contribution in [-0.2, 0) is 4.79 Å². The minimum atomic E-state index is 0.0847. The highest BCUT2D eigenvalue weighted by atomic mass is 16.1. The first-order valence-electron chi connectivity index (χ1n) is 6.87. The molecule has 0 radical (unpaired) electrons. The summed E-state index contributed by atoms with van der Waals surface area (Å²) in [5, 5.41) is 4.03. The van der Waals surface area contributed by atoms with Crippen LogP contribution in [0.15, 0.2) is 30.5 Å². The zero-order valence-corrected chi connectivity index (χ0v) is 11.1. The SMILES string of the molecule is NCCCCCCC(=O)Nc1cccc2[nH]ccc12. The number of carbonyl (C=O) groups excluding carboxylic acids is 1. The van der Waals surface area contributed by atoms with E-state index in [-0.39, 0.29) is 5.91 Å². The van der Waals surface area contributed by atoms with Gasteiger partial charge in [0.15, 0.2) is 0 Å². The molecule has 0 fully saturated rings. The first kappa shape index (κ1) is 13.6. The summed E-state index contributed by atoms with van der Waals surface area (Å²) in [6, 6.07) is 7.85. The predicted octanol–water partition coefficient (Wildman–Crippen LogP) is 3.02. The molecule has 0 bridgehead atoms. The molecule has 19 heavy (non-hydrogen) atoms. The van der Waals surface area contributed by atoms with Crippen LogP contribution in [0.25, 0.3) is 10.9 Å². The summed E-state index contributed by atoms with van der Waals surface area (Å²) in [6.45, 7) is 0.738. The van der Waals surface area contributed by atoms with Gasteiger partial charge in [0, 0.05) is 23.5 Å². The number of aromatic nitrogens is 1. The summed E-state index contributed by atoms with van der Waals surface area (Å²) >= 11 is 0. The fourth-order valence-electron chi connectivity index (χ4n) is 2.19. The van der Waals surface area contributed by atoms with E-state index >= 15 is 0 Å². The third-order valence-electron chi connectivity index (χ3n) is 3.23. The second-order valence-electron chi connectivity index (χ2n) is 4.75. The number of hydrogen-bond donors (Lipinski definition) is 3. The Kier molecular flexibility index (Phi) is 4.98. The van der Waals surface area contributed by atoms with Crippen molar-refractivity contribution in [3.05, 3.63) is 30.5 Å². The largest absolute Gasteiger partial charge is 0.361 e. The molecule has 1 amide bonds. The molecule has 0 saturated heterocycles. The second-order valence-corrected chi connectivity index (χ2v) is 4.75. The van der Waals surface area contributed by atoms with Crippen molar-refractivity contribution >= 4 is 22.5 Å². The van der Waals surface area contributed by atoms with Crippen LogP contribution in [0.5, 0.6) is 0 Å². The van der Waals surface area contributed by atoms with E-state index < -0.39 is 0 Å². The van der Waals surface area contributed by atoms with Gasteiger partial charge < -0.3 is 16.0 Å². The molecular weight excluding hydrogens is 238 g/mol. The average Bonchev–Trinajstić information content (AvgIpc) is 2.88.